The number of alkyl halides is 3. The van der Waals surface area contributed by atoms with Crippen molar-refractivity contribution in [3.8, 4) is 0 Å². The lowest BCUT2D eigenvalue weighted by atomic mass is 10.7. The van der Waals surface area contributed by atoms with Crippen LogP contribution in [-0.2, 0) is 0 Å². The highest BCUT2D eigenvalue weighted by Crippen LogP contribution is 2.14. The van der Waals surface area contributed by atoms with E-state index in [0.29, 0.717) is 6.54 Å². The summed E-state index contributed by atoms with van der Waals surface area (Å²) in [4.78, 5) is 0. The van der Waals surface area contributed by atoms with Gasteiger partial charge in [0.05, 0.1) is 6.54 Å². The fraction of sp³-hybridized carbons (Fsp3) is 1.00. The Hall–Kier alpha value is -0.610. The molecule has 0 atom stereocenters. The zero-order valence-electron chi connectivity index (χ0n) is 4.94. The third-order valence-corrected chi connectivity index (χ3v) is 0.491. The van der Waals surface area contributed by atoms with Gasteiger partial charge in [0.1, 0.15) is 0 Å². The SMILES string of the molecule is CCN=NCC(F)(F)F. The number of hydrogen-bond acceptors (Lipinski definition) is 2. The Morgan fingerprint density at radius 1 is 1.22 bits per heavy atom. The molecule has 0 bridgehead atoms. The van der Waals surface area contributed by atoms with Gasteiger partial charge in [-0.1, -0.05) is 0 Å². The van der Waals surface area contributed by atoms with Crippen LogP contribution < -0.4 is 0 Å². The molecule has 0 saturated heterocycles. The molecule has 0 N–H and O–H groups in total. The summed E-state index contributed by atoms with van der Waals surface area (Å²) in [5.41, 5.74) is 0. The van der Waals surface area contributed by atoms with Crippen molar-refractivity contribution >= 4 is 0 Å². The standard InChI is InChI=1S/C4H7F3N2/c1-2-8-9-3-4(5,6)7/h2-3H2,1H3. The molecule has 0 aliphatic rings. The van der Waals surface area contributed by atoms with E-state index in [1.165, 1.54) is 0 Å². The van der Waals surface area contributed by atoms with Crippen molar-refractivity contribution in [3.05, 3.63) is 0 Å². The molecule has 2 nitrogen and oxygen atoms in total. The quantitative estimate of drug-likeness (QED) is 0.524. The van der Waals surface area contributed by atoms with Crippen LogP contribution in [0.5, 0.6) is 0 Å². The van der Waals surface area contributed by atoms with Crippen LogP contribution in [0.2, 0.25) is 0 Å². The first-order valence-electron chi connectivity index (χ1n) is 2.46. The lowest BCUT2D eigenvalue weighted by Gasteiger charge is -1.97. The van der Waals surface area contributed by atoms with Crippen molar-refractivity contribution in [2.24, 2.45) is 10.2 Å². The number of hydrogen-bond donors (Lipinski definition) is 0. The van der Waals surface area contributed by atoms with Gasteiger partial charge in [-0.25, -0.2) is 0 Å². The van der Waals surface area contributed by atoms with E-state index in [4.69, 9.17) is 0 Å². The minimum atomic E-state index is -4.21. The minimum absolute atomic E-state index is 0.302. The van der Waals surface area contributed by atoms with Gasteiger partial charge in [0.2, 0.25) is 0 Å². The first-order valence-corrected chi connectivity index (χ1v) is 2.46. The number of nitrogens with zero attached hydrogens (tertiary/aromatic N) is 2. The predicted molar refractivity (Wildman–Crippen MR) is 26.3 cm³/mol. The predicted octanol–water partition coefficient (Wildman–Crippen LogP) is 2.02. The van der Waals surface area contributed by atoms with Crippen molar-refractivity contribution in [1.82, 2.24) is 0 Å². The molecule has 0 spiro atoms. The molecule has 0 rings (SSSR count). The molecular formula is C4H7F3N2. The van der Waals surface area contributed by atoms with E-state index in [1.54, 1.807) is 6.92 Å². The summed E-state index contributed by atoms with van der Waals surface area (Å²) >= 11 is 0. The van der Waals surface area contributed by atoms with Crippen LogP contribution in [-0.4, -0.2) is 19.3 Å². The molecule has 5 heteroatoms. The van der Waals surface area contributed by atoms with Crippen molar-refractivity contribution in [1.29, 1.82) is 0 Å². The molecule has 0 fully saturated rings. The van der Waals surface area contributed by atoms with Gasteiger partial charge in [0, 0.05) is 0 Å². The Bertz CT molecular complexity index is 96.5. The van der Waals surface area contributed by atoms with Gasteiger partial charge in [-0.3, -0.25) is 0 Å². The molecule has 0 saturated carbocycles. The summed E-state index contributed by atoms with van der Waals surface area (Å²) in [6.07, 6.45) is -4.21. The molecule has 0 amide bonds. The highest BCUT2D eigenvalue weighted by molar-refractivity contribution is 4.50. The third-order valence-electron chi connectivity index (χ3n) is 0.491. The highest BCUT2D eigenvalue weighted by Gasteiger charge is 2.26. The maximum absolute atomic E-state index is 11.2. The van der Waals surface area contributed by atoms with E-state index in [1.807, 2.05) is 0 Å². The number of rotatable bonds is 2. The summed E-state index contributed by atoms with van der Waals surface area (Å²) in [7, 11) is 0. The molecule has 0 aromatic carbocycles. The summed E-state index contributed by atoms with van der Waals surface area (Å²) < 4.78 is 33.7. The normalized spacial score (nSPS) is 12.9. The maximum Gasteiger partial charge on any atom is 0.409 e. The van der Waals surface area contributed by atoms with E-state index in [0.717, 1.165) is 0 Å². The van der Waals surface area contributed by atoms with Crippen molar-refractivity contribution < 1.29 is 13.2 Å². The van der Waals surface area contributed by atoms with Gasteiger partial charge < -0.3 is 0 Å². The van der Waals surface area contributed by atoms with Crippen molar-refractivity contribution in [2.45, 2.75) is 13.1 Å². The van der Waals surface area contributed by atoms with Gasteiger partial charge >= 0.3 is 6.18 Å². The summed E-state index contributed by atoms with van der Waals surface area (Å²) in [5, 5.41) is 6.02. The molecule has 0 heterocycles. The van der Waals surface area contributed by atoms with Crippen LogP contribution in [0.4, 0.5) is 13.2 Å². The van der Waals surface area contributed by atoms with Crippen LogP contribution in [0.1, 0.15) is 6.92 Å². The Kier molecular flexibility index (Phi) is 3.19. The molecule has 54 valence electrons. The van der Waals surface area contributed by atoms with Crippen LogP contribution >= 0.6 is 0 Å². The Morgan fingerprint density at radius 3 is 2.11 bits per heavy atom. The maximum atomic E-state index is 11.2. The average molecular weight is 140 g/mol. The molecule has 0 aliphatic carbocycles. The molecular weight excluding hydrogens is 133 g/mol. The lowest BCUT2D eigenvalue weighted by Crippen LogP contribution is -2.11. The molecule has 0 radical (unpaired) electrons. The van der Waals surface area contributed by atoms with E-state index >= 15 is 0 Å². The summed E-state index contributed by atoms with van der Waals surface area (Å²) in [6.45, 7) is 0.761. The Balaban J connectivity index is 3.38. The van der Waals surface area contributed by atoms with E-state index in [-0.39, 0.29) is 0 Å². The van der Waals surface area contributed by atoms with Gasteiger partial charge in [0.25, 0.3) is 0 Å². The fourth-order valence-corrected chi connectivity index (χ4v) is 0.230. The first kappa shape index (κ1) is 8.39. The second kappa shape index (κ2) is 3.42. The van der Waals surface area contributed by atoms with Crippen LogP contribution in [0, 0.1) is 0 Å². The fourth-order valence-electron chi connectivity index (χ4n) is 0.230. The highest BCUT2D eigenvalue weighted by atomic mass is 19.4. The van der Waals surface area contributed by atoms with Gasteiger partial charge in [-0.2, -0.15) is 23.4 Å². The molecule has 0 aromatic heterocycles. The van der Waals surface area contributed by atoms with Crippen molar-refractivity contribution in [2.75, 3.05) is 13.1 Å². The summed E-state index contributed by atoms with van der Waals surface area (Å²) in [6, 6.07) is 0. The van der Waals surface area contributed by atoms with E-state index in [2.05, 4.69) is 10.2 Å². The Morgan fingerprint density at radius 2 is 1.78 bits per heavy atom. The molecule has 0 aromatic rings. The van der Waals surface area contributed by atoms with Crippen molar-refractivity contribution in [3.63, 3.8) is 0 Å². The first-order chi connectivity index (χ1) is 4.06. The zero-order chi connectivity index (χ0) is 7.33. The second-order valence-electron chi connectivity index (χ2n) is 1.37. The lowest BCUT2D eigenvalue weighted by molar-refractivity contribution is -0.119. The second-order valence-corrected chi connectivity index (χ2v) is 1.37. The topological polar surface area (TPSA) is 24.7 Å². The number of azo groups is 1. The van der Waals surface area contributed by atoms with Crippen LogP contribution in [0.25, 0.3) is 0 Å². The van der Waals surface area contributed by atoms with Gasteiger partial charge in [0.15, 0.2) is 6.54 Å². The molecule has 0 aliphatic heterocycles. The zero-order valence-corrected chi connectivity index (χ0v) is 4.94. The summed E-state index contributed by atoms with van der Waals surface area (Å²) in [5.74, 6) is 0. The minimum Gasteiger partial charge on any atom is -0.194 e. The van der Waals surface area contributed by atoms with Crippen LogP contribution in [0.3, 0.4) is 0 Å². The third kappa shape index (κ3) is 7.39. The number of halogens is 3. The molecule has 9 heavy (non-hydrogen) atoms. The Labute approximate surface area is 50.8 Å². The van der Waals surface area contributed by atoms with Gasteiger partial charge in [-0.15, -0.1) is 0 Å². The average Bonchev–Trinajstić information content (AvgIpc) is 1.63. The largest absolute Gasteiger partial charge is 0.409 e. The monoisotopic (exact) mass is 140 g/mol. The van der Waals surface area contributed by atoms with E-state index in [9.17, 15) is 13.2 Å². The smallest absolute Gasteiger partial charge is 0.194 e. The van der Waals surface area contributed by atoms with E-state index < -0.39 is 12.7 Å². The van der Waals surface area contributed by atoms with Gasteiger partial charge in [-0.05, 0) is 6.92 Å². The molecule has 0 unspecified atom stereocenters. The van der Waals surface area contributed by atoms with Crippen LogP contribution in [0.15, 0.2) is 10.2 Å².